The van der Waals surface area contributed by atoms with Crippen molar-refractivity contribution >= 4 is 22.6 Å². The summed E-state index contributed by atoms with van der Waals surface area (Å²) in [6, 6.07) is 10.7. The van der Waals surface area contributed by atoms with Crippen molar-refractivity contribution in [3.63, 3.8) is 0 Å². The largest absolute Gasteiger partial charge is 0.285 e. The Labute approximate surface area is 90.7 Å². The number of fused-ring (bicyclic) bond motifs is 2. The molecule has 2 aromatic carbocycles. The van der Waals surface area contributed by atoms with Crippen LogP contribution in [0, 0.1) is 0 Å². The summed E-state index contributed by atoms with van der Waals surface area (Å²) in [5.41, 5.74) is 0.511. The third kappa shape index (κ3) is 1.02. The number of hydrogen-bond acceptors (Lipinski definition) is 3. The summed E-state index contributed by atoms with van der Waals surface area (Å²) in [6.07, 6.45) is 0. The van der Waals surface area contributed by atoms with E-state index in [1.165, 1.54) is 0 Å². The lowest BCUT2D eigenvalue weighted by Gasteiger charge is -1.99. The highest BCUT2D eigenvalue weighted by molar-refractivity contribution is 6.22. The average molecular weight is 213 g/mol. The first-order valence-corrected chi connectivity index (χ1v) is 4.79. The van der Waals surface area contributed by atoms with Crippen molar-refractivity contribution in [2.24, 2.45) is 0 Å². The number of benzene rings is 2. The van der Waals surface area contributed by atoms with E-state index in [-0.39, 0.29) is 16.2 Å². The normalized spacial score (nSPS) is 14.7. The molecule has 3 rings (SSSR count). The fourth-order valence-electron chi connectivity index (χ4n) is 1.91. The molecule has 0 aliphatic carbocycles. The van der Waals surface area contributed by atoms with Crippen LogP contribution in [0.5, 0.6) is 0 Å². The molecule has 0 radical (unpaired) electrons. The maximum Gasteiger partial charge on any atom is 0.285 e. The Balaban J connectivity index is 2.38. The second kappa shape index (κ2) is 2.90. The van der Waals surface area contributed by atoms with Crippen LogP contribution < -0.4 is 0 Å². The Hall–Kier alpha value is -2.20. The van der Waals surface area contributed by atoms with Crippen molar-refractivity contribution in [2.45, 2.75) is 0 Å². The number of nitrogens with zero attached hydrogens (tertiary/aromatic N) is 1. The lowest BCUT2D eigenvalue weighted by atomic mass is 10.0. The van der Waals surface area contributed by atoms with Gasteiger partial charge >= 0.3 is 0 Å². The summed E-state index contributed by atoms with van der Waals surface area (Å²) in [4.78, 5) is 23.0. The van der Waals surface area contributed by atoms with E-state index in [0.29, 0.717) is 0 Å². The lowest BCUT2D eigenvalue weighted by Crippen LogP contribution is -2.25. The molecule has 16 heavy (non-hydrogen) atoms. The summed E-state index contributed by atoms with van der Waals surface area (Å²) >= 11 is 0. The van der Waals surface area contributed by atoms with Gasteiger partial charge in [0.2, 0.25) is 0 Å². The molecule has 0 aromatic heterocycles. The van der Waals surface area contributed by atoms with Crippen molar-refractivity contribution in [2.75, 3.05) is 0 Å². The minimum atomic E-state index is -0.661. The van der Waals surface area contributed by atoms with E-state index >= 15 is 0 Å². The van der Waals surface area contributed by atoms with Crippen LogP contribution in [0.4, 0.5) is 0 Å². The molecule has 1 heterocycles. The van der Waals surface area contributed by atoms with Crippen LogP contribution in [0.25, 0.3) is 10.8 Å². The molecule has 0 saturated carbocycles. The van der Waals surface area contributed by atoms with Crippen molar-refractivity contribution in [1.29, 1.82) is 0 Å². The van der Waals surface area contributed by atoms with Crippen LogP contribution in [0.2, 0.25) is 0 Å². The number of amides is 2. The number of hydrogen-bond donors (Lipinski definition) is 1. The van der Waals surface area contributed by atoms with Gasteiger partial charge in [0.1, 0.15) is 0 Å². The Kier molecular flexibility index (Phi) is 1.64. The monoisotopic (exact) mass is 213 g/mol. The zero-order valence-electron chi connectivity index (χ0n) is 8.18. The average Bonchev–Trinajstić information content (AvgIpc) is 2.52. The van der Waals surface area contributed by atoms with Gasteiger partial charge < -0.3 is 0 Å². The van der Waals surface area contributed by atoms with Crippen molar-refractivity contribution in [3.05, 3.63) is 47.5 Å². The van der Waals surface area contributed by atoms with Crippen LogP contribution in [0.1, 0.15) is 20.7 Å². The van der Waals surface area contributed by atoms with Gasteiger partial charge in [0.25, 0.3) is 11.8 Å². The van der Waals surface area contributed by atoms with Gasteiger partial charge in [-0.2, -0.15) is 0 Å². The van der Waals surface area contributed by atoms with Crippen LogP contribution in [0.15, 0.2) is 36.4 Å². The number of carbonyl (C=O) groups excluding carboxylic acids is 2. The molecular formula is C12H7NO3. The zero-order valence-corrected chi connectivity index (χ0v) is 8.18. The molecule has 2 aromatic rings. The van der Waals surface area contributed by atoms with Gasteiger partial charge in [-0.25, -0.2) is 0 Å². The van der Waals surface area contributed by atoms with Crippen molar-refractivity contribution in [3.8, 4) is 0 Å². The first-order valence-electron chi connectivity index (χ1n) is 4.79. The quantitative estimate of drug-likeness (QED) is 0.536. The highest BCUT2D eigenvalue weighted by Gasteiger charge is 2.34. The topological polar surface area (TPSA) is 57.6 Å². The molecule has 4 nitrogen and oxygen atoms in total. The molecule has 1 aliphatic rings. The molecule has 4 heteroatoms. The highest BCUT2D eigenvalue weighted by atomic mass is 16.5. The van der Waals surface area contributed by atoms with E-state index in [1.54, 1.807) is 12.1 Å². The fourth-order valence-corrected chi connectivity index (χ4v) is 1.91. The molecular weight excluding hydrogens is 206 g/mol. The first-order chi connectivity index (χ1) is 7.68. The zero-order chi connectivity index (χ0) is 11.3. The highest BCUT2D eigenvalue weighted by Crippen LogP contribution is 2.26. The van der Waals surface area contributed by atoms with Gasteiger partial charge in [-0.3, -0.25) is 14.8 Å². The Bertz CT molecular complexity index is 579. The van der Waals surface area contributed by atoms with E-state index < -0.39 is 11.8 Å². The van der Waals surface area contributed by atoms with Gasteiger partial charge in [0.15, 0.2) is 0 Å². The summed E-state index contributed by atoms with van der Waals surface area (Å²) in [5, 5.41) is 11.1. The summed E-state index contributed by atoms with van der Waals surface area (Å²) in [6.45, 7) is 0. The van der Waals surface area contributed by atoms with Crippen LogP contribution in [-0.4, -0.2) is 22.1 Å². The maximum atomic E-state index is 11.5. The Morgan fingerprint density at radius 1 is 0.875 bits per heavy atom. The third-order valence-corrected chi connectivity index (χ3v) is 2.73. The predicted molar refractivity (Wildman–Crippen MR) is 56.2 cm³/mol. The molecule has 78 valence electrons. The van der Waals surface area contributed by atoms with Crippen LogP contribution in [0.3, 0.4) is 0 Å². The Morgan fingerprint density at radius 2 is 1.31 bits per heavy atom. The first kappa shape index (κ1) is 9.06. The summed E-state index contributed by atoms with van der Waals surface area (Å²) in [5.74, 6) is -1.32. The molecule has 1 N–H and O–H groups in total. The fraction of sp³-hybridized carbons (Fsp3) is 0. The number of hydroxylamine groups is 2. The van der Waals surface area contributed by atoms with Gasteiger partial charge in [-0.05, 0) is 22.9 Å². The van der Waals surface area contributed by atoms with E-state index in [1.807, 2.05) is 24.3 Å². The standard InChI is InChI=1S/C12H7NO3/c14-11-9-5-7-3-1-2-4-8(7)6-10(9)12(15)13(11)16/h1-6,16H. The van der Waals surface area contributed by atoms with Crippen LogP contribution in [-0.2, 0) is 0 Å². The number of carbonyl (C=O) groups is 2. The van der Waals surface area contributed by atoms with Gasteiger partial charge in [-0.1, -0.05) is 24.3 Å². The third-order valence-electron chi connectivity index (χ3n) is 2.73. The van der Waals surface area contributed by atoms with Crippen molar-refractivity contribution < 1.29 is 14.8 Å². The van der Waals surface area contributed by atoms with Crippen LogP contribution >= 0.6 is 0 Å². The number of rotatable bonds is 0. The molecule has 0 spiro atoms. The number of imide groups is 1. The van der Waals surface area contributed by atoms with Gasteiger partial charge in [-0.15, -0.1) is 5.06 Å². The van der Waals surface area contributed by atoms with E-state index in [9.17, 15) is 14.8 Å². The minimum absolute atomic E-state index is 0.156. The second-order valence-electron chi connectivity index (χ2n) is 3.67. The maximum absolute atomic E-state index is 11.5. The van der Waals surface area contributed by atoms with E-state index in [2.05, 4.69) is 0 Å². The molecule has 0 unspecified atom stereocenters. The van der Waals surface area contributed by atoms with Gasteiger partial charge in [0, 0.05) is 0 Å². The Morgan fingerprint density at radius 3 is 1.75 bits per heavy atom. The van der Waals surface area contributed by atoms with E-state index in [4.69, 9.17) is 0 Å². The molecule has 0 atom stereocenters. The molecule has 0 saturated heterocycles. The molecule has 0 fully saturated rings. The summed E-state index contributed by atoms with van der Waals surface area (Å²) in [7, 11) is 0. The second-order valence-corrected chi connectivity index (χ2v) is 3.67. The van der Waals surface area contributed by atoms with E-state index in [0.717, 1.165) is 10.8 Å². The molecule has 1 aliphatic heterocycles. The minimum Gasteiger partial charge on any atom is -0.278 e. The summed E-state index contributed by atoms with van der Waals surface area (Å²) < 4.78 is 0. The SMILES string of the molecule is O=C1c2cc3ccccc3cc2C(=O)N1O. The lowest BCUT2D eigenvalue weighted by molar-refractivity contribution is -0.0327. The smallest absolute Gasteiger partial charge is 0.278 e. The van der Waals surface area contributed by atoms with Crippen molar-refractivity contribution in [1.82, 2.24) is 5.06 Å². The van der Waals surface area contributed by atoms with Gasteiger partial charge in [0.05, 0.1) is 11.1 Å². The molecule has 2 amide bonds. The molecule has 0 bridgehead atoms. The predicted octanol–water partition coefficient (Wildman–Crippen LogP) is 1.82.